The molecule has 0 bridgehead atoms. The normalized spacial score (nSPS) is 24.2. The van der Waals surface area contributed by atoms with Gasteiger partial charge in [0.05, 0.1) is 4.90 Å². The molecule has 1 unspecified atom stereocenters. The topological polar surface area (TPSA) is 115 Å². The van der Waals surface area contributed by atoms with E-state index in [4.69, 9.17) is 10.5 Å². The number of carbonyl (C=O) groups excluding carboxylic acids is 1. The van der Waals surface area contributed by atoms with Crippen molar-refractivity contribution in [3.05, 3.63) is 36.0 Å². The average Bonchev–Trinajstić information content (AvgIpc) is 3.10. The largest absolute Gasteiger partial charge is 0.474 e. The van der Waals surface area contributed by atoms with Crippen molar-refractivity contribution in [3.8, 4) is 5.88 Å². The minimum atomic E-state index is -4.16. The Hall–Kier alpha value is -2.68. The Morgan fingerprint density at radius 1 is 1.17 bits per heavy atom. The zero-order valence-electron chi connectivity index (χ0n) is 21.9. The summed E-state index contributed by atoms with van der Waals surface area (Å²) >= 11 is 0. The van der Waals surface area contributed by atoms with Crippen LogP contribution in [-0.4, -0.2) is 42.5 Å². The van der Waals surface area contributed by atoms with Gasteiger partial charge in [-0.3, -0.25) is 4.79 Å². The highest BCUT2D eigenvalue weighted by Crippen LogP contribution is 2.39. The van der Waals surface area contributed by atoms with Crippen LogP contribution in [0.1, 0.15) is 77.1 Å². The summed E-state index contributed by atoms with van der Waals surface area (Å²) in [6.07, 6.45) is 6.35. The summed E-state index contributed by atoms with van der Waals surface area (Å²) in [5, 5.41) is -0.176. The third-order valence-electron chi connectivity index (χ3n) is 7.68. The van der Waals surface area contributed by atoms with E-state index < -0.39 is 15.7 Å². The Bertz CT molecular complexity index is 1220. The molecule has 3 heterocycles. The van der Waals surface area contributed by atoms with Gasteiger partial charge in [0.1, 0.15) is 17.5 Å². The fourth-order valence-electron chi connectivity index (χ4n) is 5.82. The Morgan fingerprint density at radius 2 is 1.86 bits per heavy atom. The van der Waals surface area contributed by atoms with E-state index in [1.54, 1.807) is 12.1 Å². The van der Waals surface area contributed by atoms with Crippen molar-refractivity contribution < 1.29 is 17.9 Å². The van der Waals surface area contributed by atoms with Gasteiger partial charge in [0.25, 0.3) is 5.91 Å². The van der Waals surface area contributed by atoms with Crippen molar-refractivity contribution in [1.82, 2.24) is 9.97 Å². The molecule has 4 rings (SSSR count). The Balaban J connectivity index is 1.65. The highest BCUT2D eigenvalue weighted by atomic mass is 32.2. The molecule has 36 heavy (non-hydrogen) atoms. The number of rotatable bonds is 7. The van der Waals surface area contributed by atoms with Crippen molar-refractivity contribution in [1.29, 1.82) is 0 Å². The highest BCUT2D eigenvalue weighted by molar-refractivity contribution is 7.91. The van der Waals surface area contributed by atoms with Crippen LogP contribution in [0.15, 0.2) is 40.4 Å². The van der Waals surface area contributed by atoms with Gasteiger partial charge in [-0.15, -0.1) is 0 Å². The summed E-state index contributed by atoms with van der Waals surface area (Å²) in [6.45, 7) is 11.4. The molecule has 0 spiro atoms. The molecule has 9 heteroatoms. The molecule has 1 aliphatic carbocycles. The molecule has 196 valence electrons. The second kappa shape index (κ2) is 10.00. The summed E-state index contributed by atoms with van der Waals surface area (Å²) in [5.41, 5.74) is 5.36. The van der Waals surface area contributed by atoms with Gasteiger partial charge in [-0.2, -0.15) is 0 Å². The minimum Gasteiger partial charge on any atom is -0.474 e. The zero-order valence-corrected chi connectivity index (χ0v) is 22.7. The van der Waals surface area contributed by atoms with Crippen LogP contribution in [-0.2, 0) is 9.84 Å². The molecule has 0 radical (unpaired) electrons. The van der Waals surface area contributed by atoms with Crippen LogP contribution in [0.2, 0.25) is 0 Å². The number of carbonyl (C=O) groups is 1. The molecule has 0 aromatic carbocycles. The molecule has 2 N–H and O–H groups in total. The van der Waals surface area contributed by atoms with E-state index in [1.165, 1.54) is 18.3 Å². The lowest BCUT2D eigenvalue weighted by atomic mass is 9.80. The van der Waals surface area contributed by atoms with Crippen LogP contribution < -0.4 is 15.4 Å². The van der Waals surface area contributed by atoms with Crippen molar-refractivity contribution in [2.45, 2.75) is 88.3 Å². The number of hydrogen-bond acceptors (Lipinski definition) is 7. The van der Waals surface area contributed by atoms with Gasteiger partial charge in [0.15, 0.2) is 5.03 Å². The van der Waals surface area contributed by atoms with Gasteiger partial charge in [0, 0.05) is 24.3 Å². The highest BCUT2D eigenvalue weighted by Gasteiger charge is 2.40. The molecule has 2 aliphatic rings. The van der Waals surface area contributed by atoms with Crippen LogP contribution in [0, 0.1) is 17.8 Å². The van der Waals surface area contributed by atoms with Gasteiger partial charge in [0.2, 0.25) is 15.7 Å². The lowest BCUT2D eigenvalue weighted by Crippen LogP contribution is -2.40. The molecular weight excluding hydrogens is 476 g/mol. The summed E-state index contributed by atoms with van der Waals surface area (Å²) < 4.78 is 33.6. The standard InChI is InChI=1S/C27H38N4O4S/c1-17(2)19-9-11-20(12-10-19)35-22-7-6-8-23(30-22)36(33,34)21-13-14-29-26(24(21)25(28)32)31-16-18(3)15-27(31,4)5/h6-8,13-14,17-20H,9-12,15-16H2,1-5H3,(H2,28,32). The molecule has 2 aromatic rings. The maximum atomic E-state index is 13.7. The molecule has 1 atom stereocenters. The predicted molar refractivity (Wildman–Crippen MR) is 139 cm³/mol. The Morgan fingerprint density at radius 3 is 2.44 bits per heavy atom. The van der Waals surface area contributed by atoms with Crippen LogP contribution in [0.5, 0.6) is 5.88 Å². The zero-order chi connectivity index (χ0) is 26.3. The van der Waals surface area contributed by atoms with Gasteiger partial charge >= 0.3 is 0 Å². The van der Waals surface area contributed by atoms with E-state index in [9.17, 15) is 13.2 Å². The van der Waals surface area contributed by atoms with E-state index >= 15 is 0 Å². The van der Waals surface area contributed by atoms with Crippen LogP contribution in [0.25, 0.3) is 0 Å². The van der Waals surface area contributed by atoms with Crippen molar-refractivity contribution >= 4 is 21.6 Å². The SMILES string of the molecule is CC1CN(c2nccc(S(=O)(=O)c3cccc(OC4CCC(C(C)C)CC4)n3)c2C(N)=O)C(C)(C)C1. The third kappa shape index (κ3) is 5.21. The smallest absolute Gasteiger partial charge is 0.253 e. The van der Waals surface area contributed by atoms with Crippen molar-refractivity contribution in [2.24, 2.45) is 23.5 Å². The van der Waals surface area contributed by atoms with Crippen molar-refractivity contribution in [3.63, 3.8) is 0 Å². The number of pyridine rings is 2. The second-order valence-electron chi connectivity index (χ2n) is 11.3. The van der Waals surface area contributed by atoms with E-state index in [2.05, 4.69) is 44.6 Å². The van der Waals surface area contributed by atoms with Gasteiger partial charge < -0.3 is 15.4 Å². The van der Waals surface area contributed by atoms with Crippen LogP contribution in [0.3, 0.4) is 0 Å². The minimum absolute atomic E-state index is 0.0125. The lowest BCUT2D eigenvalue weighted by Gasteiger charge is -2.33. The third-order valence-corrected chi connectivity index (χ3v) is 9.38. The molecule has 8 nitrogen and oxygen atoms in total. The van der Waals surface area contributed by atoms with E-state index in [-0.39, 0.29) is 33.0 Å². The average molecular weight is 515 g/mol. The monoisotopic (exact) mass is 514 g/mol. The number of primary amides is 1. The fraction of sp³-hybridized carbons (Fsp3) is 0.593. The molecule has 2 fully saturated rings. The number of nitrogens with two attached hydrogens (primary N) is 1. The van der Waals surface area contributed by atoms with Gasteiger partial charge in [-0.1, -0.05) is 26.8 Å². The van der Waals surface area contributed by atoms with Gasteiger partial charge in [-0.25, -0.2) is 18.4 Å². The number of nitrogens with zero attached hydrogens (tertiary/aromatic N) is 3. The molecular formula is C27H38N4O4S. The number of sulfone groups is 1. The van der Waals surface area contributed by atoms with E-state index in [1.807, 2.05) is 4.90 Å². The second-order valence-corrected chi connectivity index (χ2v) is 13.2. The van der Waals surface area contributed by atoms with Crippen LogP contribution >= 0.6 is 0 Å². The number of amides is 1. The molecule has 1 amide bonds. The fourth-order valence-corrected chi connectivity index (χ4v) is 7.21. The first-order chi connectivity index (χ1) is 16.9. The number of ether oxygens (including phenoxy) is 1. The van der Waals surface area contributed by atoms with Crippen molar-refractivity contribution in [2.75, 3.05) is 11.4 Å². The summed E-state index contributed by atoms with van der Waals surface area (Å²) in [5.74, 6) is 1.45. The first-order valence-electron chi connectivity index (χ1n) is 12.9. The quantitative estimate of drug-likeness (QED) is 0.573. The van der Waals surface area contributed by atoms with E-state index in [0.717, 1.165) is 32.1 Å². The van der Waals surface area contributed by atoms with E-state index in [0.29, 0.717) is 30.1 Å². The van der Waals surface area contributed by atoms with Gasteiger partial charge in [-0.05, 0) is 75.8 Å². The summed E-state index contributed by atoms with van der Waals surface area (Å²) in [4.78, 5) is 23.2. The molecule has 1 saturated carbocycles. The lowest BCUT2D eigenvalue weighted by molar-refractivity contribution is 0.0997. The predicted octanol–water partition coefficient (Wildman–Crippen LogP) is 4.63. The first-order valence-corrected chi connectivity index (χ1v) is 14.3. The number of hydrogen-bond donors (Lipinski definition) is 1. The molecule has 1 saturated heterocycles. The molecule has 1 aliphatic heterocycles. The Labute approximate surface area is 214 Å². The van der Waals surface area contributed by atoms with Crippen LogP contribution in [0.4, 0.5) is 5.82 Å². The first kappa shape index (κ1) is 26.4. The summed E-state index contributed by atoms with van der Waals surface area (Å²) in [6, 6.07) is 6.04. The molecule has 2 aromatic heterocycles. The maximum Gasteiger partial charge on any atom is 0.253 e. The number of aromatic nitrogens is 2. The summed E-state index contributed by atoms with van der Waals surface area (Å²) in [7, 11) is -4.16. The number of anilines is 1. The Kier molecular flexibility index (Phi) is 7.33. The maximum absolute atomic E-state index is 13.7.